The van der Waals surface area contributed by atoms with Gasteiger partial charge in [-0.05, 0) is 0 Å². The van der Waals surface area contributed by atoms with E-state index in [-0.39, 0.29) is 0 Å². The predicted molar refractivity (Wildman–Crippen MR) is 27.9 cm³/mol. The van der Waals surface area contributed by atoms with Crippen LogP contribution in [0, 0.1) is 0 Å². The molecule has 6 heavy (non-hydrogen) atoms. The summed E-state index contributed by atoms with van der Waals surface area (Å²) in [6.45, 7) is 0. The normalized spacial score (nSPS) is 23.5. The van der Waals surface area contributed by atoms with Crippen molar-refractivity contribution in [1.29, 1.82) is 0 Å². The molecular weight excluding hydrogens is 181 g/mol. The summed E-state index contributed by atoms with van der Waals surface area (Å²) >= 11 is 1.24. The molecule has 0 aromatic rings. The van der Waals surface area contributed by atoms with Crippen LogP contribution in [0.1, 0.15) is 19.3 Å². The second kappa shape index (κ2) is 2.17. The van der Waals surface area contributed by atoms with E-state index in [1.807, 2.05) is 0 Å². The fourth-order valence-corrected chi connectivity index (χ4v) is 1.53. The van der Waals surface area contributed by atoms with E-state index in [0.717, 1.165) is 6.04 Å². The molecule has 0 aromatic heterocycles. The van der Waals surface area contributed by atoms with Crippen LogP contribution < -0.4 is 3.54 Å². The molecule has 0 amide bonds. The molecule has 1 saturated carbocycles. The summed E-state index contributed by atoms with van der Waals surface area (Å²) in [4.78, 5) is 0. The van der Waals surface area contributed by atoms with E-state index < -0.39 is 0 Å². The molecule has 0 bridgehead atoms. The third kappa shape index (κ3) is 0.876. The van der Waals surface area contributed by atoms with Crippen molar-refractivity contribution in [3.05, 3.63) is 0 Å². The third-order valence-electron chi connectivity index (χ3n) is 1.34. The van der Waals surface area contributed by atoms with E-state index in [9.17, 15) is 0 Å². The summed E-state index contributed by atoms with van der Waals surface area (Å²) in [5.74, 6) is 0. The van der Waals surface area contributed by atoms with Crippen molar-refractivity contribution in [3.8, 4) is 0 Å². The predicted octanol–water partition coefficient (Wildman–Crippen LogP) is -0.0557. The van der Waals surface area contributed by atoms with E-state index in [2.05, 4.69) is 3.54 Å². The number of nitrogens with one attached hydrogen (secondary N) is 1. The Morgan fingerprint density at radius 3 is 2.17 bits per heavy atom. The van der Waals surface area contributed by atoms with Crippen LogP contribution >= 0.6 is 0 Å². The molecule has 2 heteroatoms. The molecule has 1 aliphatic rings. The van der Waals surface area contributed by atoms with Gasteiger partial charge < -0.3 is 0 Å². The van der Waals surface area contributed by atoms with Crippen LogP contribution in [0.2, 0.25) is 0 Å². The van der Waals surface area contributed by atoms with Gasteiger partial charge in [0, 0.05) is 0 Å². The van der Waals surface area contributed by atoms with Gasteiger partial charge in [0.15, 0.2) is 0 Å². The molecule has 2 radical (unpaired) electrons. The zero-order valence-electron chi connectivity index (χ0n) is 3.78. The van der Waals surface area contributed by atoms with Gasteiger partial charge in [-0.1, -0.05) is 0 Å². The maximum atomic E-state index is 3.33. The quantitative estimate of drug-likeness (QED) is 0.571. The van der Waals surface area contributed by atoms with Crippen molar-refractivity contribution in [2.45, 2.75) is 25.3 Å². The Bertz CT molecular complexity index is 40.1. The maximum absolute atomic E-state index is 3.33. The average molecular weight is 190 g/mol. The average Bonchev–Trinajstić information content (AvgIpc) is 1.31. The summed E-state index contributed by atoms with van der Waals surface area (Å²) in [6, 6.07) is 0.924. The number of rotatable bonds is 1. The van der Waals surface area contributed by atoms with Gasteiger partial charge in [-0.15, -0.1) is 0 Å². The summed E-state index contributed by atoms with van der Waals surface area (Å²) in [5, 5.41) is 0. The second-order valence-corrected chi connectivity index (χ2v) is 2.75. The standard InChI is InChI=1S/C4H8N.Sn.H/c5-4-2-1-3-4;;/h4-5H,1-3H2;;/q-1;+1;. The molecular formula is C4H9NSn. The van der Waals surface area contributed by atoms with Crippen molar-refractivity contribution in [3.63, 3.8) is 0 Å². The minimum absolute atomic E-state index is 0.924. The Hall–Kier alpha value is 0.759. The van der Waals surface area contributed by atoms with Gasteiger partial charge in [-0.2, -0.15) is 0 Å². The first kappa shape index (κ1) is 4.91. The molecule has 0 atom stereocenters. The number of hydrogen-bond acceptors (Lipinski definition) is 1. The Balaban J connectivity index is 2.01. The van der Waals surface area contributed by atoms with Gasteiger partial charge >= 0.3 is 51.6 Å². The Morgan fingerprint density at radius 2 is 2.17 bits per heavy atom. The molecule has 0 aromatic carbocycles. The Kier molecular flexibility index (Phi) is 1.77. The van der Waals surface area contributed by atoms with Crippen molar-refractivity contribution < 1.29 is 0 Å². The van der Waals surface area contributed by atoms with Crippen molar-refractivity contribution >= 4 is 22.8 Å². The summed E-state index contributed by atoms with van der Waals surface area (Å²) in [5.41, 5.74) is 0. The van der Waals surface area contributed by atoms with Crippen molar-refractivity contribution in [1.82, 2.24) is 3.54 Å². The molecule has 0 heterocycles. The molecule has 1 rings (SSSR count). The van der Waals surface area contributed by atoms with Gasteiger partial charge in [0.1, 0.15) is 0 Å². The van der Waals surface area contributed by atoms with Crippen molar-refractivity contribution in [2.24, 2.45) is 0 Å². The monoisotopic (exact) mass is 191 g/mol. The van der Waals surface area contributed by atoms with Gasteiger partial charge in [0.25, 0.3) is 0 Å². The van der Waals surface area contributed by atoms with Crippen LogP contribution in [0.4, 0.5) is 0 Å². The van der Waals surface area contributed by atoms with Crippen LogP contribution in [-0.4, -0.2) is 28.8 Å². The van der Waals surface area contributed by atoms with Crippen LogP contribution in [0.5, 0.6) is 0 Å². The molecule has 1 fully saturated rings. The van der Waals surface area contributed by atoms with E-state index in [0.29, 0.717) is 0 Å². The van der Waals surface area contributed by atoms with Crippen LogP contribution in [0.3, 0.4) is 0 Å². The second-order valence-electron chi connectivity index (χ2n) is 1.79. The summed E-state index contributed by atoms with van der Waals surface area (Å²) < 4.78 is 3.33. The molecule has 1 nitrogen and oxygen atoms in total. The zero-order valence-corrected chi connectivity index (χ0v) is 7.07. The molecule has 0 saturated heterocycles. The third-order valence-corrected chi connectivity index (χ3v) is 2.69. The van der Waals surface area contributed by atoms with Crippen LogP contribution in [-0.2, 0) is 0 Å². The van der Waals surface area contributed by atoms with Crippen LogP contribution in [0.25, 0.3) is 0 Å². The van der Waals surface area contributed by atoms with Gasteiger partial charge in [-0.25, -0.2) is 0 Å². The Labute approximate surface area is 51.9 Å². The Morgan fingerprint density at radius 1 is 1.50 bits per heavy atom. The van der Waals surface area contributed by atoms with Gasteiger partial charge in [0.05, 0.1) is 0 Å². The topological polar surface area (TPSA) is 12.0 Å². The molecule has 1 N–H and O–H groups in total. The first-order chi connectivity index (χ1) is 2.93. The molecule has 34 valence electrons. The first-order valence-electron chi connectivity index (χ1n) is 2.39. The summed E-state index contributed by atoms with van der Waals surface area (Å²) in [7, 11) is 0. The van der Waals surface area contributed by atoms with E-state index >= 15 is 0 Å². The van der Waals surface area contributed by atoms with Crippen molar-refractivity contribution in [2.75, 3.05) is 0 Å². The molecule has 0 spiro atoms. The van der Waals surface area contributed by atoms with E-state index in [1.54, 1.807) is 0 Å². The zero-order chi connectivity index (χ0) is 4.41. The van der Waals surface area contributed by atoms with Crippen LogP contribution in [0.15, 0.2) is 0 Å². The molecule has 0 aliphatic heterocycles. The van der Waals surface area contributed by atoms with E-state index in [1.165, 1.54) is 42.1 Å². The first-order valence-corrected chi connectivity index (χ1v) is 4.04. The van der Waals surface area contributed by atoms with Gasteiger partial charge in [0.2, 0.25) is 0 Å². The fourth-order valence-electron chi connectivity index (χ4n) is 0.575. The minimum atomic E-state index is 0.924. The number of hydrogen-bond donors (Lipinski definition) is 1. The SMILES string of the molecule is [SnH][NH]C1CCC1. The molecule has 0 unspecified atom stereocenters. The summed E-state index contributed by atoms with van der Waals surface area (Å²) in [6.07, 6.45) is 4.32. The van der Waals surface area contributed by atoms with E-state index in [4.69, 9.17) is 0 Å². The fraction of sp³-hybridized carbons (Fsp3) is 1.00. The van der Waals surface area contributed by atoms with Gasteiger partial charge in [-0.3, -0.25) is 0 Å². The molecule has 1 aliphatic carbocycles.